The van der Waals surface area contributed by atoms with Crippen molar-refractivity contribution in [2.45, 2.75) is 6.54 Å². The maximum Gasteiger partial charge on any atom is 0.316 e. The van der Waals surface area contributed by atoms with E-state index < -0.39 is 11.8 Å². The molecule has 0 saturated heterocycles. The molecule has 142 valence electrons. The van der Waals surface area contributed by atoms with Crippen molar-refractivity contribution in [1.29, 1.82) is 0 Å². The van der Waals surface area contributed by atoms with E-state index in [9.17, 15) is 9.59 Å². The molecule has 3 aromatic carbocycles. The van der Waals surface area contributed by atoms with Crippen molar-refractivity contribution in [3.05, 3.63) is 89.4 Å². The first kappa shape index (κ1) is 19.5. The van der Waals surface area contributed by atoms with Crippen molar-refractivity contribution in [1.82, 2.24) is 0 Å². The average molecular weight is 395 g/mol. The van der Waals surface area contributed by atoms with Gasteiger partial charge in [0.2, 0.25) is 0 Å². The zero-order valence-corrected chi connectivity index (χ0v) is 16.0. The van der Waals surface area contributed by atoms with Gasteiger partial charge >= 0.3 is 11.8 Å². The molecule has 0 heterocycles. The van der Waals surface area contributed by atoms with Crippen LogP contribution in [-0.4, -0.2) is 18.9 Å². The molecule has 0 saturated carbocycles. The summed E-state index contributed by atoms with van der Waals surface area (Å²) in [6, 6.07) is 23.4. The Balaban J connectivity index is 1.86. The van der Waals surface area contributed by atoms with Gasteiger partial charge in [-0.1, -0.05) is 60.1 Å². The van der Waals surface area contributed by atoms with E-state index in [1.807, 2.05) is 48.5 Å². The molecule has 3 aromatic rings. The summed E-state index contributed by atoms with van der Waals surface area (Å²) in [4.78, 5) is 27.1. The Morgan fingerprint density at radius 3 is 2.25 bits per heavy atom. The van der Waals surface area contributed by atoms with E-state index in [1.54, 1.807) is 24.3 Å². The number of benzene rings is 3. The summed E-state index contributed by atoms with van der Waals surface area (Å²) in [5, 5.41) is 3.02. The van der Waals surface area contributed by atoms with Crippen LogP contribution in [-0.2, 0) is 16.1 Å². The Labute approximate surface area is 168 Å². The fraction of sp³-hybridized carbons (Fsp3) is 0.0909. The lowest BCUT2D eigenvalue weighted by atomic mass is 10.2. The van der Waals surface area contributed by atoms with E-state index in [-0.39, 0.29) is 6.54 Å². The van der Waals surface area contributed by atoms with E-state index in [1.165, 1.54) is 18.1 Å². The molecule has 5 nitrogen and oxygen atoms in total. The number of nitrogens with one attached hydrogen (secondary N) is 1. The molecule has 1 N–H and O–H groups in total. The van der Waals surface area contributed by atoms with Crippen LogP contribution in [0.1, 0.15) is 5.56 Å². The third-order valence-corrected chi connectivity index (χ3v) is 4.34. The van der Waals surface area contributed by atoms with E-state index >= 15 is 0 Å². The van der Waals surface area contributed by atoms with Crippen molar-refractivity contribution >= 4 is 34.8 Å². The Morgan fingerprint density at radius 2 is 1.61 bits per heavy atom. The number of nitrogens with zero attached hydrogens (tertiary/aromatic N) is 1. The van der Waals surface area contributed by atoms with Gasteiger partial charge in [0.15, 0.2) is 0 Å². The highest BCUT2D eigenvalue weighted by Gasteiger charge is 2.24. The molecule has 0 radical (unpaired) electrons. The minimum Gasteiger partial charge on any atom is -0.495 e. The summed E-state index contributed by atoms with van der Waals surface area (Å²) in [6.45, 7) is 0.268. The normalized spacial score (nSPS) is 10.2. The second kappa shape index (κ2) is 9.06. The minimum absolute atomic E-state index is 0.268. The lowest BCUT2D eigenvalue weighted by Gasteiger charge is -2.22. The Bertz CT molecular complexity index is 962. The molecule has 0 aromatic heterocycles. The van der Waals surface area contributed by atoms with Crippen LogP contribution in [0.25, 0.3) is 0 Å². The smallest absolute Gasteiger partial charge is 0.316 e. The van der Waals surface area contributed by atoms with Crippen molar-refractivity contribution < 1.29 is 14.3 Å². The molecule has 0 bridgehead atoms. The van der Waals surface area contributed by atoms with Gasteiger partial charge in [-0.3, -0.25) is 14.5 Å². The number of rotatable bonds is 5. The topological polar surface area (TPSA) is 58.6 Å². The number of methoxy groups -OCH3 is 1. The Morgan fingerprint density at radius 1 is 0.964 bits per heavy atom. The summed E-state index contributed by atoms with van der Waals surface area (Å²) in [5.41, 5.74) is 1.87. The number of hydrogen-bond acceptors (Lipinski definition) is 3. The van der Waals surface area contributed by atoms with E-state index in [2.05, 4.69) is 5.32 Å². The average Bonchev–Trinajstić information content (AvgIpc) is 2.73. The standard InChI is InChI=1S/C22H19ClN2O3/c1-28-20-13-12-17(23)14-19(20)24-21(26)22(27)25(18-10-6-3-7-11-18)15-16-8-4-2-5-9-16/h2-14H,15H2,1H3,(H,24,26). The molecule has 2 amide bonds. The van der Waals surface area contributed by atoms with Gasteiger partial charge in [-0.2, -0.15) is 0 Å². The van der Waals surface area contributed by atoms with Crippen LogP contribution in [0.4, 0.5) is 11.4 Å². The highest BCUT2D eigenvalue weighted by molar-refractivity contribution is 6.44. The van der Waals surface area contributed by atoms with E-state index in [0.717, 1.165) is 5.56 Å². The first-order valence-corrected chi connectivity index (χ1v) is 9.01. The summed E-state index contributed by atoms with van der Waals surface area (Å²) in [5.74, 6) is -1.04. The zero-order valence-electron chi connectivity index (χ0n) is 15.3. The minimum atomic E-state index is -0.777. The monoisotopic (exact) mass is 394 g/mol. The molecule has 0 spiro atoms. The number of ether oxygens (including phenoxy) is 1. The van der Waals surface area contributed by atoms with Gasteiger partial charge in [0.05, 0.1) is 19.3 Å². The summed E-state index contributed by atoms with van der Waals surface area (Å²) < 4.78 is 5.22. The number of anilines is 2. The second-order valence-corrected chi connectivity index (χ2v) is 6.45. The second-order valence-electron chi connectivity index (χ2n) is 6.01. The largest absolute Gasteiger partial charge is 0.495 e. The van der Waals surface area contributed by atoms with Gasteiger partial charge in [0.1, 0.15) is 5.75 Å². The maximum atomic E-state index is 13.0. The van der Waals surface area contributed by atoms with Crippen LogP contribution in [0.3, 0.4) is 0 Å². The maximum absolute atomic E-state index is 13.0. The van der Waals surface area contributed by atoms with Crippen LogP contribution in [0, 0.1) is 0 Å². The van der Waals surface area contributed by atoms with Crippen molar-refractivity contribution in [3.8, 4) is 5.75 Å². The molecule has 28 heavy (non-hydrogen) atoms. The molecule has 0 aliphatic heterocycles. The highest BCUT2D eigenvalue weighted by Crippen LogP contribution is 2.28. The van der Waals surface area contributed by atoms with E-state index in [0.29, 0.717) is 22.1 Å². The molecule has 3 rings (SSSR count). The van der Waals surface area contributed by atoms with Crippen molar-refractivity contribution in [2.24, 2.45) is 0 Å². The predicted molar refractivity (Wildman–Crippen MR) is 111 cm³/mol. The lowest BCUT2D eigenvalue weighted by Crippen LogP contribution is -2.39. The first-order valence-electron chi connectivity index (χ1n) is 8.64. The van der Waals surface area contributed by atoms with Crippen LogP contribution in [0.15, 0.2) is 78.9 Å². The lowest BCUT2D eigenvalue weighted by molar-refractivity contribution is -0.134. The van der Waals surface area contributed by atoms with Crippen LogP contribution in [0.2, 0.25) is 5.02 Å². The first-order chi connectivity index (χ1) is 13.6. The number of carbonyl (C=O) groups is 2. The summed E-state index contributed by atoms with van der Waals surface area (Å²) >= 11 is 6.00. The number of amides is 2. The van der Waals surface area contributed by atoms with Gasteiger partial charge in [-0.05, 0) is 35.9 Å². The number of carbonyl (C=O) groups excluding carboxylic acids is 2. The predicted octanol–water partition coefficient (Wildman–Crippen LogP) is 4.52. The summed E-state index contributed by atoms with van der Waals surface area (Å²) in [7, 11) is 1.48. The number of halogens is 1. The highest BCUT2D eigenvalue weighted by atomic mass is 35.5. The number of para-hydroxylation sites is 1. The van der Waals surface area contributed by atoms with Gasteiger partial charge in [-0.15, -0.1) is 0 Å². The van der Waals surface area contributed by atoms with Crippen molar-refractivity contribution in [2.75, 3.05) is 17.3 Å². The van der Waals surface area contributed by atoms with E-state index in [4.69, 9.17) is 16.3 Å². The number of hydrogen-bond donors (Lipinski definition) is 1. The molecular weight excluding hydrogens is 376 g/mol. The molecule has 0 fully saturated rings. The Kier molecular flexibility index (Phi) is 6.29. The van der Waals surface area contributed by atoms with Crippen molar-refractivity contribution in [3.63, 3.8) is 0 Å². The van der Waals surface area contributed by atoms with Gasteiger partial charge in [0.25, 0.3) is 0 Å². The zero-order chi connectivity index (χ0) is 19.9. The van der Waals surface area contributed by atoms with Crippen LogP contribution in [0.5, 0.6) is 5.75 Å². The summed E-state index contributed by atoms with van der Waals surface area (Å²) in [6.07, 6.45) is 0. The SMILES string of the molecule is COc1ccc(Cl)cc1NC(=O)C(=O)N(Cc1ccccc1)c1ccccc1. The quantitative estimate of drug-likeness (QED) is 0.647. The molecule has 0 aliphatic rings. The molecular formula is C22H19ClN2O3. The fourth-order valence-corrected chi connectivity index (χ4v) is 2.90. The molecule has 0 atom stereocenters. The Hall–Kier alpha value is -3.31. The molecule has 0 aliphatic carbocycles. The third kappa shape index (κ3) is 4.69. The third-order valence-electron chi connectivity index (χ3n) is 4.10. The van der Waals surface area contributed by atoms with Gasteiger partial charge < -0.3 is 10.1 Å². The van der Waals surface area contributed by atoms with Gasteiger partial charge in [0, 0.05) is 10.7 Å². The molecule has 6 heteroatoms. The van der Waals surface area contributed by atoms with Gasteiger partial charge in [-0.25, -0.2) is 0 Å². The molecule has 0 unspecified atom stereocenters. The fourth-order valence-electron chi connectivity index (χ4n) is 2.73. The van der Waals surface area contributed by atoms with Crippen LogP contribution < -0.4 is 15.0 Å². The van der Waals surface area contributed by atoms with Crippen LogP contribution >= 0.6 is 11.6 Å².